The zero-order valence-corrected chi connectivity index (χ0v) is 9.10. The van der Waals surface area contributed by atoms with Crippen LogP contribution in [-0.4, -0.2) is 28.1 Å². The number of nitrogens with one attached hydrogen (secondary N) is 1. The number of carbonyl (C=O) groups excluding carboxylic acids is 1. The van der Waals surface area contributed by atoms with Gasteiger partial charge in [0.25, 0.3) is 5.91 Å². The van der Waals surface area contributed by atoms with Crippen molar-refractivity contribution in [3.63, 3.8) is 0 Å². The fourth-order valence-corrected chi connectivity index (χ4v) is 1.58. The van der Waals surface area contributed by atoms with Gasteiger partial charge in [-0.25, -0.2) is 0 Å². The van der Waals surface area contributed by atoms with Crippen LogP contribution < -0.4 is 11.1 Å². The quantitative estimate of drug-likeness (QED) is 0.756. The number of hydrogen-bond acceptors (Lipinski definition) is 5. The van der Waals surface area contributed by atoms with Gasteiger partial charge in [0.15, 0.2) is 0 Å². The standard InChI is InChI=1S/C8H14N4OS/c1-3-6(4-9)10-8(13)7-5(2)11-12-14-7/h6H,3-4,9H2,1-2H3,(H,10,13). The molecule has 0 spiro atoms. The van der Waals surface area contributed by atoms with Crippen molar-refractivity contribution in [2.24, 2.45) is 5.73 Å². The molecular formula is C8H14N4OS. The minimum absolute atomic E-state index is 0.0315. The average molecular weight is 214 g/mol. The van der Waals surface area contributed by atoms with E-state index >= 15 is 0 Å². The molecule has 1 aromatic rings. The van der Waals surface area contributed by atoms with Crippen molar-refractivity contribution in [3.05, 3.63) is 10.6 Å². The summed E-state index contributed by atoms with van der Waals surface area (Å²) in [7, 11) is 0. The summed E-state index contributed by atoms with van der Waals surface area (Å²) < 4.78 is 3.70. The Morgan fingerprint density at radius 1 is 1.71 bits per heavy atom. The number of nitrogens with zero attached hydrogens (tertiary/aromatic N) is 2. The predicted octanol–water partition coefficient (Wildman–Crippen LogP) is 0.314. The average Bonchev–Trinajstić information content (AvgIpc) is 2.60. The molecule has 1 unspecified atom stereocenters. The molecule has 3 N–H and O–H groups in total. The topological polar surface area (TPSA) is 80.9 Å². The van der Waals surface area contributed by atoms with Gasteiger partial charge in [0.05, 0.1) is 5.69 Å². The van der Waals surface area contributed by atoms with Crippen molar-refractivity contribution in [1.82, 2.24) is 14.9 Å². The molecule has 0 aromatic carbocycles. The lowest BCUT2D eigenvalue weighted by molar-refractivity contribution is 0.0940. The van der Waals surface area contributed by atoms with Gasteiger partial charge in [-0.3, -0.25) is 4.79 Å². The molecule has 0 saturated heterocycles. The molecule has 1 rings (SSSR count). The highest BCUT2D eigenvalue weighted by molar-refractivity contribution is 7.07. The van der Waals surface area contributed by atoms with Gasteiger partial charge >= 0.3 is 0 Å². The van der Waals surface area contributed by atoms with Crippen LogP contribution in [0.5, 0.6) is 0 Å². The van der Waals surface area contributed by atoms with Gasteiger partial charge in [-0.15, -0.1) is 5.10 Å². The van der Waals surface area contributed by atoms with E-state index in [4.69, 9.17) is 5.73 Å². The van der Waals surface area contributed by atoms with Crippen molar-refractivity contribution >= 4 is 17.4 Å². The van der Waals surface area contributed by atoms with Crippen molar-refractivity contribution in [1.29, 1.82) is 0 Å². The Kier molecular flexibility index (Phi) is 3.97. The first kappa shape index (κ1) is 11.1. The minimum Gasteiger partial charge on any atom is -0.347 e. The van der Waals surface area contributed by atoms with Crippen LogP contribution in [0.15, 0.2) is 0 Å². The molecule has 78 valence electrons. The number of aromatic nitrogens is 2. The first-order valence-electron chi connectivity index (χ1n) is 4.48. The van der Waals surface area contributed by atoms with Crippen LogP contribution in [0.2, 0.25) is 0 Å². The fourth-order valence-electron chi connectivity index (χ4n) is 1.02. The van der Waals surface area contributed by atoms with E-state index in [0.717, 1.165) is 18.0 Å². The van der Waals surface area contributed by atoms with E-state index in [0.29, 0.717) is 17.1 Å². The third kappa shape index (κ3) is 2.49. The van der Waals surface area contributed by atoms with Crippen LogP contribution >= 0.6 is 11.5 Å². The lowest BCUT2D eigenvalue weighted by atomic mass is 10.2. The summed E-state index contributed by atoms with van der Waals surface area (Å²) in [6.45, 7) is 4.20. The summed E-state index contributed by atoms with van der Waals surface area (Å²) in [4.78, 5) is 12.2. The van der Waals surface area contributed by atoms with Gasteiger partial charge in [-0.1, -0.05) is 11.4 Å². The SMILES string of the molecule is CCC(CN)NC(=O)c1snnc1C. The van der Waals surface area contributed by atoms with E-state index in [-0.39, 0.29) is 11.9 Å². The molecular weight excluding hydrogens is 200 g/mol. The number of rotatable bonds is 4. The molecule has 0 aliphatic carbocycles. The first-order valence-corrected chi connectivity index (χ1v) is 5.26. The molecule has 0 aliphatic heterocycles. The second kappa shape index (κ2) is 5.02. The van der Waals surface area contributed by atoms with Crippen molar-refractivity contribution in [3.8, 4) is 0 Å². The Morgan fingerprint density at radius 2 is 2.43 bits per heavy atom. The second-order valence-corrected chi connectivity index (χ2v) is 3.76. The molecule has 1 aromatic heterocycles. The monoisotopic (exact) mass is 214 g/mol. The van der Waals surface area contributed by atoms with E-state index in [1.807, 2.05) is 6.92 Å². The van der Waals surface area contributed by atoms with Gasteiger partial charge < -0.3 is 11.1 Å². The van der Waals surface area contributed by atoms with E-state index in [1.165, 1.54) is 0 Å². The molecule has 14 heavy (non-hydrogen) atoms. The van der Waals surface area contributed by atoms with Crippen molar-refractivity contribution in [2.45, 2.75) is 26.3 Å². The normalized spacial score (nSPS) is 12.5. The maximum atomic E-state index is 11.6. The Hall–Kier alpha value is -1.01. The lowest BCUT2D eigenvalue weighted by Crippen LogP contribution is -2.39. The zero-order valence-electron chi connectivity index (χ0n) is 8.28. The molecule has 0 aliphatic rings. The Labute approximate surface area is 86.9 Å². The highest BCUT2D eigenvalue weighted by Crippen LogP contribution is 2.08. The number of nitrogens with two attached hydrogens (primary N) is 1. The van der Waals surface area contributed by atoms with Crippen molar-refractivity contribution in [2.75, 3.05) is 6.54 Å². The van der Waals surface area contributed by atoms with Gasteiger partial charge in [-0.2, -0.15) is 0 Å². The molecule has 5 nitrogen and oxygen atoms in total. The van der Waals surface area contributed by atoms with Crippen LogP contribution in [0.3, 0.4) is 0 Å². The maximum absolute atomic E-state index is 11.6. The summed E-state index contributed by atoms with van der Waals surface area (Å²) in [5.41, 5.74) is 6.15. The van der Waals surface area contributed by atoms with E-state index < -0.39 is 0 Å². The molecule has 0 fully saturated rings. The third-order valence-corrected chi connectivity index (χ3v) is 2.80. The molecule has 1 heterocycles. The Morgan fingerprint density at radius 3 is 2.86 bits per heavy atom. The molecule has 0 saturated carbocycles. The summed E-state index contributed by atoms with van der Waals surface area (Å²) in [6.07, 6.45) is 0.827. The van der Waals surface area contributed by atoms with Crippen LogP contribution in [0.1, 0.15) is 28.7 Å². The van der Waals surface area contributed by atoms with Crippen LogP contribution in [0, 0.1) is 6.92 Å². The number of aryl methyl sites for hydroxylation is 1. The van der Waals surface area contributed by atoms with Gasteiger partial charge in [0.2, 0.25) is 0 Å². The molecule has 1 amide bonds. The summed E-state index contributed by atoms with van der Waals surface area (Å²) in [5.74, 6) is -0.130. The largest absolute Gasteiger partial charge is 0.347 e. The highest BCUT2D eigenvalue weighted by Gasteiger charge is 2.15. The zero-order chi connectivity index (χ0) is 10.6. The smallest absolute Gasteiger partial charge is 0.265 e. The van der Waals surface area contributed by atoms with E-state index in [1.54, 1.807) is 6.92 Å². The second-order valence-electron chi connectivity index (χ2n) is 3.00. The highest BCUT2D eigenvalue weighted by atomic mass is 32.1. The summed E-state index contributed by atoms with van der Waals surface area (Å²) >= 11 is 1.11. The fraction of sp³-hybridized carbons (Fsp3) is 0.625. The molecule has 0 radical (unpaired) electrons. The number of hydrogen-bond donors (Lipinski definition) is 2. The van der Waals surface area contributed by atoms with Crippen LogP contribution in [0.25, 0.3) is 0 Å². The van der Waals surface area contributed by atoms with Gasteiger partial charge in [0, 0.05) is 12.6 Å². The van der Waals surface area contributed by atoms with Gasteiger partial charge in [-0.05, 0) is 24.9 Å². The minimum atomic E-state index is -0.130. The Balaban J connectivity index is 2.63. The molecule has 0 bridgehead atoms. The van der Waals surface area contributed by atoms with Crippen LogP contribution in [0.4, 0.5) is 0 Å². The third-order valence-electron chi connectivity index (χ3n) is 1.97. The molecule has 6 heteroatoms. The summed E-state index contributed by atoms with van der Waals surface area (Å²) in [6, 6.07) is 0.0315. The summed E-state index contributed by atoms with van der Waals surface area (Å²) in [5, 5.41) is 6.60. The van der Waals surface area contributed by atoms with Gasteiger partial charge in [0.1, 0.15) is 4.88 Å². The first-order chi connectivity index (χ1) is 6.69. The maximum Gasteiger partial charge on any atom is 0.265 e. The van der Waals surface area contributed by atoms with Crippen molar-refractivity contribution < 1.29 is 4.79 Å². The number of carbonyl (C=O) groups is 1. The molecule has 1 atom stereocenters. The Bertz CT molecular complexity index is 308. The lowest BCUT2D eigenvalue weighted by Gasteiger charge is -2.13. The van der Waals surface area contributed by atoms with Crippen LogP contribution in [-0.2, 0) is 0 Å². The predicted molar refractivity (Wildman–Crippen MR) is 55.2 cm³/mol. The number of amides is 1. The van der Waals surface area contributed by atoms with E-state index in [9.17, 15) is 4.79 Å². The van der Waals surface area contributed by atoms with E-state index in [2.05, 4.69) is 14.9 Å².